The molecule has 0 unspecified atom stereocenters. The summed E-state index contributed by atoms with van der Waals surface area (Å²) in [7, 11) is 0. The van der Waals surface area contributed by atoms with Crippen molar-refractivity contribution in [2.45, 2.75) is 0 Å². The number of halogens is 1. The van der Waals surface area contributed by atoms with Crippen LogP contribution in [0.2, 0.25) is 0 Å². The highest BCUT2D eigenvalue weighted by atomic mass is 79.9. The summed E-state index contributed by atoms with van der Waals surface area (Å²) in [5.74, 6) is -0.965. The van der Waals surface area contributed by atoms with Gasteiger partial charge in [0.25, 0.3) is 0 Å². The Morgan fingerprint density at radius 2 is 2.38 bits per heavy atom. The first-order valence-electron chi connectivity index (χ1n) is 3.54. The van der Waals surface area contributed by atoms with E-state index in [9.17, 15) is 4.79 Å². The van der Waals surface area contributed by atoms with E-state index in [2.05, 4.69) is 21.0 Å². The predicted octanol–water partition coefficient (Wildman–Crippen LogP) is 1.80. The predicted molar refractivity (Wildman–Crippen MR) is 49.9 cm³/mol. The van der Waals surface area contributed by atoms with Crippen molar-refractivity contribution >= 4 is 27.4 Å². The van der Waals surface area contributed by atoms with Crippen molar-refractivity contribution in [1.29, 1.82) is 0 Å². The van der Waals surface area contributed by atoms with Crippen LogP contribution in [0.15, 0.2) is 29.0 Å². The third-order valence-corrected chi connectivity index (χ3v) is 2.21. The fourth-order valence-electron chi connectivity index (χ4n) is 1.12. The molecule has 0 aromatic carbocycles. The minimum atomic E-state index is -0.965. The van der Waals surface area contributed by atoms with Crippen LogP contribution < -0.4 is 0 Å². The van der Waals surface area contributed by atoms with E-state index >= 15 is 0 Å². The molecule has 0 atom stereocenters. The second-order valence-corrected chi connectivity index (χ2v) is 3.45. The molecule has 0 radical (unpaired) electrons. The third-order valence-electron chi connectivity index (χ3n) is 1.71. The van der Waals surface area contributed by atoms with Crippen molar-refractivity contribution in [1.82, 2.24) is 9.61 Å². The molecule has 13 heavy (non-hydrogen) atoms. The zero-order valence-electron chi connectivity index (χ0n) is 6.44. The lowest BCUT2D eigenvalue weighted by atomic mass is 10.3. The van der Waals surface area contributed by atoms with Gasteiger partial charge in [0.2, 0.25) is 0 Å². The zero-order valence-corrected chi connectivity index (χ0v) is 8.02. The number of pyridine rings is 1. The summed E-state index contributed by atoms with van der Waals surface area (Å²) in [5, 5.41) is 12.7. The van der Waals surface area contributed by atoms with E-state index in [1.165, 1.54) is 10.7 Å². The molecule has 4 nitrogen and oxygen atoms in total. The molecule has 0 aliphatic rings. The van der Waals surface area contributed by atoms with Crippen LogP contribution >= 0.6 is 15.9 Å². The Hall–Kier alpha value is -1.36. The van der Waals surface area contributed by atoms with Crippen molar-refractivity contribution in [2.75, 3.05) is 0 Å². The van der Waals surface area contributed by atoms with Gasteiger partial charge in [0.05, 0.1) is 11.7 Å². The van der Waals surface area contributed by atoms with Crippen molar-refractivity contribution in [2.24, 2.45) is 0 Å². The number of carboxylic acids is 1. The van der Waals surface area contributed by atoms with Gasteiger partial charge < -0.3 is 5.11 Å². The lowest BCUT2D eigenvalue weighted by Gasteiger charge is -1.94. The molecule has 2 rings (SSSR count). The molecule has 0 saturated carbocycles. The van der Waals surface area contributed by atoms with Crippen LogP contribution in [0.1, 0.15) is 10.4 Å². The molecule has 1 N–H and O–H groups in total. The maximum absolute atomic E-state index is 10.7. The van der Waals surface area contributed by atoms with E-state index in [1.807, 2.05) is 0 Å². The van der Waals surface area contributed by atoms with E-state index in [0.29, 0.717) is 5.52 Å². The minimum Gasteiger partial charge on any atom is -0.478 e. The maximum Gasteiger partial charge on any atom is 0.339 e. The molecule has 0 aliphatic heterocycles. The van der Waals surface area contributed by atoms with Crippen LogP contribution in [0.4, 0.5) is 0 Å². The summed E-state index contributed by atoms with van der Waals surface area (Å²) in [4.78, 5) is 10.7. The number of nitrogens with zero attached hydrogens (tertiary/aromatic N) is 2. The Kier molecular flexibility index (Phi) is 1.81. The fraction of sp³-hybridized carbons (Fsp3) is 0. The number of carbonyl (C=O) groups is 1. The fourth-order valence-corrected chi connectivity index (χ4v) is 1.45. The molecule has 2 aromatic heterocycles. The normalized spacial score (nSPS) is 10.5. The molecule has 0 saturated heterocycles. The SMILES string of the molecule is O=C(O)c1cnn2ccc(Br)cc12. The standard InChI is InChI=1S/C8H5BrN2O2/c9-5-1-2-11-7(3-5)6(4-10-11)8(12)13/h1-4H,(H,12,13). The summed E-state index contributed by atoms with van der Waals surface area (Å²) in [6.07, 6.45) is 3.04. The summed E-state index contributed by atoms with van der Waals surface area (Å²) in [6.45, 7) is 0. The Morgan fingerprint density at radius 1 is 1.62 bits per heavy atom. The molecule has 0 spiro atoms. The van der Waals surface area contributed by atoms with Crippen molar-refractivity contribution in [3.63, 3.8) is 0 Å². The van der Waals surface area contributed by atoms with Gasteiger partial charge in [-0.05, 0) is 12.1 Å². The lowest BCUT2D eigenvalue weighted by molar-refractivity contribution is 0.0699. The van der Waals surface area contributed by atoms with Crippen LogP contribution in [0.25, 0.3) is 5.52 Å². The number of aromatic carboxylic acids is 1. The molecule has 0 amide bonds. The summed E-state index contributed by atoms with van der Waals surface area (Å²) < 4.78 is 2.36. The van der Waals surface area contributed by atoms with Crippen LogP contribution in [-0.4, -0.2) is 20.7 Å². The van der Waals surface area contributed by atoms with Gasteiger partial charge in [-0.15, -0.1) is 0 Å². The summed E-state index contributed by atoms with van der Waals surface area (Å²) >= 11 is 3.27. The molecule has 0 fully saturated rings. The van der Waals surface area contributed by atoms with Gasteiger partial charge in [-0.25, -0.2) is 9.31 Å². The van der Waals surface area contributed by atoms with Gasteiger partial charge in [0, 0.05) is 10.7 Å². The Balaban J connectivity index is 2.79. The molecule has 0 aliphatic carbocycles. The van der Waals surface area contributed by atoms with Gasteiger partial charge >= 0.3 is 5.97 Å². The number of hydrogen-bond acceptors (Lipinski definition) is 2. The van der Waals surface area contributed by atoms with E-state index in [0.717, 1.165) is 4.47 Å². The smallest absolute Gasteiger partial charge is 0.339 e. The first-order valence-corrected chi connectivity index (χ1v) is 4.34. The van der Waals surface area contributed by atoms with E-state index in [1.54, 1.807) is 18.3 Å². The van der Waals surface area contributed by atoms with Gasteiger partial charge in [-0.1, -0.05) is 15.9 Å². The quantitative estimate of drug-likeness (QED) is 0.828. The second-order valence-electron chi connectivity index (χ2n) is 2.54. The van der Waals surface area contributed by atoms with Gasteiger partial charge in [0.1, 0.15) is 5.56 Å². The monoisotopic (exact) mass is 240 g/mol. The van der Waals surface area contributed by atoms with Gasteiger partial charge in [-0.3, -0.25) is 0 Å². The zero-order chi connectivity index (χ0) is 9.42. The van der Waals surface area contributed by atoms with Crippen molar-refractivity contribution in [3.8, 4) is 0 Å². The molecular weight excluding hydrogens is 236 g/mol. The molecule has 66 valence electrons. The van der Waals surface area contributed by atoms with Crippen LogP contribution in [0.5, 0.6) is 0 Å². The highest BCUT2D eigenvalue weighted by Gasteiger charge is 2.10. The van der Waals surface area contributed by atoms with Gasteiger partial charge in [0.15, 0.2) is 0 Å². The largest absolute Gasteiger partial charge is 0.478 e. The highest BCUT2D eigenvalue weighted by molar-refractivity contribution is 9.10. The summed E-state index contributed by atoms with van der Waals surface area (Å²) in [6, 6.07) is 3.52. The second kappa shape index (κ2) is 2.85. The summed E-state index contributed by atoms with van der Waals surface area (Å²) in [5.41, 5.74) is 0.795. The Morgan fingerprint density at radius 3 is 3.08 bits per heavy atom. The highest BCUT2D eigenvalue weighted by Crippen LogP contribution is 2.16. The molecular formula is C8H5BrN2O2. The number of fused-ring (bicyclic) bond motifs is 1. The average molecular weight is 241 g/mol. The number of carboxylic acid groups (broad SMARTS) is 1. The van der Waals surface area contributed by atoms with Crippen molar-refractivity contribution < 1.29 is 9.90 Å². The lowest BCUT2D eigenvalue weighted by Crippen LogP contribution is -1.94. The maximum atomic E-state index is 10.7. The van der Waals surface area contributed by atoms with Crippen molar-refractivity contribution in [3.05, 3.63) is 34.6 Å². The first-order chi connectivity index (χ1) is 6.18. The first kappa shape index (κ1) is 8.25. The third kappa shape index (κ3) is 1.31. The minimum absolute atomic E-state index is 0.210. The van der Waals surface area contributed by atoms with E-state index < -0.39 is 5.97 Å². The Labute approximate surface area is 81.9 Å². The van der Waals surface area contributed by atoms with E-state index in [4.69, 9.17) is 5.11 Å². The molecule has 2 aromatic rings. The Bertz CT molecular complexity index is 478. The van der Waals surface area contributed by atoms with E-state index in [-0.39, 0.29) is 5.56 Å². The number of hydrogen-bond donors (Lipinski definition) is 1. The number of rotatable bonds is 1. The topological polar surface area (TPSA) is 54.6 Å². The molecule has 5 heteroatoms. The van der Waals surface area contributed by atoms with Gasteiger partial charge in [-0.2, -0.15) is 5.10 Å². The average Bonchev–Trinajstić information content (AvgIpc) is 2.46. The van der Waals surface area contributed by atoms with Crippen LogP contribution in [0.3, 0.4) is 0 Å². The molecule has 0 bridgehead atoms. The van der Waals surface area contributed by atoms with Crippen LogP contribution in [0, 0.1) is 0 Å². The molecule has 2 heterocycles. The van der Waals surface area contributed by atoms with Crippen LogP contribution in [-0.2, 0) is 0 Å². The number of aromatic nitrogens is 2.